The van der Waals surface area contributed by atoms with E-state index in [0.29, 0.717) is 11.0 Å². The molecule has 4 unspecified atom stereocenters. The highest BCUT2D eigenvalue weighted by molar-refractivity contribution is 7.62. The second-order valence-corrected chi connectivity index (χ2v) is 8.72. The molecule has 1 fully saturated rings. The number of ether oxygens (including phenoxy) is 2. The first-order valence-corrected chi connectivity index (χ1v) is 11.1. The molecule has 0 spiro atoms. The fourth-order valence-corrected chi connectivity index (χ4v) is 4.85. The van der Waals surface area contributed by atoms with Crippen LogP contribution in [0.25, 0.3) is 0 Å². The van der Waals surface area contributed by atoms with E-state index in [-0.39, 0.29) is 19.8 Å². The summed E-state index contributed by atoms with van der Waals surface area (Å²) in [5, 5.41) is 17.8. The number of rotatable bonds is 9. The molecule has 12 heteroatoms. The maximum absolute atomic E-state index is 12.9. The van der Waals surface area contributed by atoms with Gasteiger partial charge in [-0.1, -0.05) is 6.58 Å². The average Bonchev–Trinajstić information content (AvgIpc) is 3.28. The lowest BCUT2D eigenvalue weighted by atomic mass is 10.1. The summed E-state index contributed by atoms with van der Waals surface area (Å²) in [6.45, 7) is 7.72. The molecule has 2 N–H and O–H groups in total. The third kappa shape index (κ3) is 4.51. The SMILES string of the molecule is C=C1C=CN(C2OC(Cn3cc(P(=O)(OCC)OCC)cn3)C(O)C2OC)C(=O)N1. The summed E-state index contributed by atoms with van der Waals surface area (Å²) in [6, 6.07) is -0.432. The molecule has 1 aromatic rings. The number of methoxy groups -OCH3 is 1. The first-order valence-electron chi connectivity index (χ1n) is 9.57. The maximum Gasteiger partial charge on any atom is 0.364 e. The van der Waals surface area contributed by atoms with Crippen LogP contribution in [-0.2, 0) is 29.6 Å². The zero-order valence-corrected chi connectivity index (χ0v) is 18.0. The Labute approximate surface area is 174 Å². The van der Waals surface area contributed by atoms with Crippen molar-refractivity contribution in [1.82, 2.24) is 20.0 Å². The van der Waals surface area contributed by atoms with Gasteiger partial charge in [-0.15, -0.1) is 0 Å². The number of amides is 2. The molecule has 2 aliphatic rings. The first-order chi connectivity index (χ1) is 14.3. The van der Waals surface area contributed by atoms with Crippen LogP contribution in [0, 0.1) is 0 Å². The second-order valence-electron chi connectivity index (χ2n) is 6.69. The molecule has 0 aromatic carbocycles. The molecule has 2 amide bonds. The molecule has 0 radical (unpaired) electrons. The smallest absolute Gasteiger partial charge is 0.364 e. The Morgan fingerprint density at radius 2 is 2.07 bits per heavy atom. The number of hydrogen-bond acceptors (Lipinski definition) is 8. The fraction of sp³-hybridized carbons (Fsp3) is 0.556. The van der Waals surface area contributed by atoms with Gasteiger partial charge in [-0.2, -0.15) is 5.10 Å². The van der Waals surface area contributed by atoms with Crippen LogP contribution in [0.2, 0.25) is 0 Å². The minimum Gasteiger partial charge on any atom is -0.387 e. The Kier molecular flexibility index (Phi) is 7.12. The molecule has 0 saturated carbocycles. The molecular formula is C18H27N4O7P. The topological polar surface area (TPSA) is 124 Å². The Bertz CT molecular complexity index is 847. The van der Waals surface area contributed by atoms with Gasteiger partial charge in [-0.05, 0) is 19.9 Å². The molecule has 1 saturated heterocycles. The molecule has 166 valence electrons. The van der Waals surface area contributed by atoms with E-state index >= 15 is 0 Å². The minimum atomic E-state index is -3.47. The van der Waals surface area contributed by atoms with Crippen LogP contribution < -0.4 is 10.6 Å². The van der Waals surface area contributed by atoms with Gasteiger partial charge in [0.15, 0.2) is 6.23 Å². The van der Waals surface area contributed by atoms with Crippen molar-refractivity contribution >= 4 is 18.9 Å². The Hall–Kier alpha value is -2.01. The zero-order valence-electron chi connectivity index (χ0n) is 17.1. The lowest BCUT2D eigenvalue weighted by molar-refractivity contribution is -0.0676. The maximum atomic E-state index is 12.9. The van der Waals surface area contributed by atoms with Crippen molar-refractivity contribution in [1.29, 1.82) is 0 Å². The average molecular weight is 442 g/mol. The van der Waals surface area contributed by atoms with Crippen molar-refractivity contribution in [2.24, 2.45) is 0 Å². The van der Waals surface area contributed by atoms with Crippen molar-refractivity contribution in [2.75, 3.05) is 20.3 Å². The molecule has 3 rings (SSSR count). The number of nitrogens with zero attached hydrogens (tertiary/aromatic N) is 3. The zero-order chi connectivity index (χ0) is 21.9. The predicted octanol–water partition coefficient (Wildman–Crippen LogP) is 0.928. The highest BCUT2D eigenvalue weighted by Crippen LogP contribution is 2.46. The van der Waals surface area contributed by atoms with Crippen LogP contribution in [0.15, 0.2) is 36.9 Å². The summed E-state index contributed by atoms with van der Waals surface area (Å²) in [7, 11) is -2.03. The van der Waals surface area contributed by atoms with E-state index in [1.807, 2.05) is 0 Å². The van der Waals surface area contributed by atoms with Crippen molar-refractivity contribution in [3.8, 4) is 0 Å². The fourth-order valence-electron chi connectivity index (χ4n) is 3.33. The van der Waals surface area contributed by atoms with Crippen LogP contribution in [0.3, 0.4) is 0 Å². The van der Waals surface area contributed by atoms with Crippen LogP contribution in [0.4, 0.5) is 4.79 Å². The van der Waals surface area contributed by atoms with Crippen LogP contribution in [-0.4, -0.2) is 70.7 Å². The van der Waals surface area contributed by atoms with E-state index in [2.05, 4.69) is 17.0 Å². The molecular weight excluding hydrogens is 415 g/mol. The van der Waals surface area contributed by atoms with Gasteiger partial charge in [-0.3, -0.25) is 14.1 Å². The van der Waals surface area contributed by atoms with Gasteiger partial charge < -0.3 is 28.9 Å². The number of aromatic nitrogens is 2. The van der Waals surface area contributed by atoms with Crippen molar-refractivity contribution in [2.45, 2.75) is 44.9 Å². The van der Waals surface area contributed by atoms with Gasteiger partial charge in [0, 0.05) is 25.2 Å². The highest BCUT2D eigenvalue weighted by atomic mass is 31.2. The standard InChI is InChI=1S/C18H27N4O7P/c1-5-27-30(25,28-6-2)13-9-19-21(10-13)11-14-15(23)16(26-4)17(29-14)22-8-7-12(3)20-18(22)24/h7-10,14-17,23H,3,5-6,11H2,1-2,4H3,(H,20,24). The number of carbonyl (C=O) groups excluding carboxylic acids is 1. The van der Waals surface area contributed by atoms with Gasteiger partial charge in [0.2, 0.25) is 0 Å². The predicted molar refractivity (Wildman–Crippen MR) is 107 cm³/mol. The van der Waals surface area contributed by atoms with E-state index in [0.717, 1.165) is 0 Å². The summed E-state index contributed by atoms with van der Waals surface area (Å²) >= 11 is 0. The molecule has 1 aromatic heterocycles. The molecule has 2 aliphatic heterocycles. The van der Waals surface area contributed by atoms with Crippen LogP contribution in [0.5, 0.6) is 0 Å². The van der Waals surface area contributed by atoms with E-state index in [9.17, 15) is 14.5 Å². The lowest BCUT2D eigenvalue weighted by Gasteiger charge is -2.31. The summed E-state index contributed by atoms with van der Waals surface area (Å²) in [5.41, 5.74) is 0.456. The van der Waals surface area contributed by atoms with Crippen LogP contribution >= 0.6 is 7.60 Å². The number of carbonyl (C=O) groups is 1. The normalized spacial score (nSPS) is 27.0. The van der Waals surface area contributed by atoms with Gasteiger partial charge in [0.1, 0.15) is 23.6 Å². The van der Waals surface area contributed by atoms with Crippen molar-refractivity contribution in [3.63, 3.8) is 0 Å². The molecule has 11 nitrogen and oxygen atoms in total. The number of nitrogens with one attached hydrogen (secondary N) is 1. The molecule has 0 aliphatic carbocycles. The van der Waals surface area contributed by atoms with E-state index in [1.165, 1.54) is 35.3 Å². The molecule has 3 heterocycles. The number of allylic oxidation sites excluding steroid dienone is 1. The first kappa shape index (κ1) is 22.7. The van der Waals surface area contributed by atoms with E-state index in [4.69, 9.17) is 18.5 Å². The summed E-state index contributed by atoms with van der Waals surface area (Å²) in [5.74, 6) is 0. The van der Waals surface area contributed by atoms with E-state index in [1.54, 1.807) is 19.9 Å². The number of urea groups is 1. The number of aliphatic hydroxyl groups is 1. The van der Waals surface area contributed by atoms with Crippen LogP contribution in [0.1, 0.15) is 13.8 Å². The summed E-state index contributed by atoms with van der Waals surface area (Å²) in [6.07, 6.45) is 2.73. The van der Waals surface area contributed by atoms with Crippen molar-refractivity contribution < 1.29 is 33.0 Å². The monoisotopic (exact) mass is 442 g/mol. The minimum absolute atomic E-state index is 0.141. The quantitative estimate of drug-likeness (QED) is 0.541. The third-order valence-corrected chi connectivity index (χ3v) is 6.76. The summed E-state index contributed by atoms with van der Waals surface area (Å²) in [4.78, 5) is 13.6. The second kappa shape index (κ2) is 9.42. The van der Waals surface area contributed by atoms with E-state index < -0.39 is 38.2 Å². The molecule has 30 heavy (non-hydrogen) atoms. The number of aliphatic hydroxyl groups excluding tert-OH is 1. The Morgan fingerprint density at radius 1 is 1.37 bits per heavy atom. The van der Waals surface area contributed by atoms with Gasteiger partial charge >= 0.3 is 13.6 Å². The van der Waals surface area contributed by atoms with Gasteiger partial charge in [0.05, 0.1) is 26.0 Å². The number of hydrogen-bond donors (Lipinski definition) is 2. The highest BCUT2D eigenvalue weighted by Gasteiger charge is 2.48. The molecule has 0 bridgehead atoms. The Balaban J connectivity index is 1.75. The van der Waals surface area contributed by atoms with Crippen molar-refractivity contribution in [3.05, 3.63) is 36.9 Å². The van der Waals surface area contributed by atoms with Gasteiger partial charge in [-0.25, -0.2) is 4.79 Å². The lowest BCUT2D eigenvalue weighted by Crippen LogP contribution is -2.50. The molecule has 4 atom stereocenters. The third-order valence-electron chi connectivity index (χ3n) is 4.70. The van der Waals surface area contributed by atoms with Gasteiger partial charge in [0.25, 0.3) is 0 Å². The summed E-state index contributed by atoms with van der Waals surface area (Å²) < 4.78 is 36.3. The Morgan fingerprint density at radius 3 is 2.67 bits per heavy atom. The largest absolute Gasteiger partial charge is 0.387 e.